The molecule has 2 aliphatic rings. The molecular formula is C48H27BN2O3. The molecule has 0 fully saturated rings. The summed E-state index contributed by atoms with van der Waals surface area (Å²) in [5.74, 6) is 1.64. The number of fused-ring (bicyclic) bond motifs is 16. The van der Waals surface area contributed by atoms with E-state index < -0.39 is 7.12 Å². The quantitative estimate of drug-likeness (QED) is 0.170. The van der Waals surface area contributed by atoms with E-state index in [9.17, 15) is 0 Å². The van der Waals surface area contributed by atoms with Crippen LogP contribution in [0.1, 0.15) is 0 Å². The van der Waals surface area contributed by atoms with Gasteiger partial charge in [-0.15, -0.1) is 0 Å². The zero-order chi connectivity index (χ0) is 35.1. The number of hydrogen-bond donors (Lipinski definition) is 0. The fourth-order valence-corrected chi connectivity index (χ4v) is 9.42. The summed E-state index contributed by atoms with van der Waals surface area (Å²) >= 11 is 0. The van der Waals surface area contributed by atoms with Crippen molar-refractivity contribution >= 4 is 78.1 Å². The molecule has 0 radical (unpaired) electrons. The van der Waals surface area contributed by atoms with Gasteiger partial charge in [-0.05, 0) is 65.7 Å². The summed E-state index contributed by atoms with van der Waals surface area (Å²) in [5.41, 5.74) is 13.8. The lowest BCUT2D eigenvalue weighted by Crippen LogP contribution is -2.49. The lowest BCUT2D eigenvalue weighted by molar-refractivity contribution is 0.436. The molecule has 0 N–H and O–H groups in total. The highest BCUT2D eigenvalue weighted by molar-refractivity contribution is 6.68. The number of benzene rings is 8. The molecule has 0 amide bonds. The van der Waals surface area contributed by atoms with Crippen molar-refractivity contribution < 1.29 is 13.7 Å². The molecule has 0 atom stereocenters. The van der Waals surface area contributed by atoms with Gasteiger partial charge in [0.25, 0.3) is 0 Å². The summed E-state index contributed by atoms with van der Waals surface area (Å²) in [6.45, 7) is 0. The molecule has 11 aromatic rings. The molecule has 6 heteroatoms. The minimum Gasteiger partial charge on any atom is -0.521 e. The molecule has 5 heterocycles. The SMILES string of the molecule is c1ccc(-n2c3ccccc3c3c4c5ccccc5n(-c5cc6c7c(c5)-c5ccccc5OB7Oc5ccccc5-6)c4c4c5ccccc5oc4c32)cc1. The topological polar surface area (TPSA) is 41.5 Å². The third-order valence-corrected chi connectivity index (χ3v) is 11.5. The van der Waals surface area contributed by atoms with Crippen LogP contribution in [0.5, 0.6) is 11.5 Å². The summed E-state index contributed by atoms with van der Waals surface area (Å²) < 4.78 is 25.0. The molecule has 0 aliphatic carbocycles. The Bertz CT molecular complexity index is 3340. The summed E-state index contributed by atoms with van der Waals surface area (Å²) in [5, 5.41) is 6.96. The molecule has 0 bridgehead atoms. The number of aromatic nitrogens is 2. The van der Waals surface area contributed by atoms with E-state index in [0.717, 1.165) is 94.6 Å². The Labute approximate surface area is 308 Å². The highest BCUT2D eigenvalue weighted by Gasteiger charge is 2.42. The third-order valence-electron chi connectivity index (χ3n) is 11.5. The van der Waals surface area contributed by atoms with Gasteiger partial charge in [-0.25, -0.2) is 0 Å². The second kappa shape index (κ2) is 10.2. The highest BCUT2D eigenvalue weighted by atomic mass is 16.6. The highest BCUT2D eigenvalue weighted by Crippen LogP contribution is 2.50. The van der Waals surface area contributed by atoms with Gasteiger partial charge in [0.15, 0.2) is 5.58 Å². The van der Waals surface area contributed by atoms with Gasteiger partial charge < -0.3 is 22.9 Å². The maximum absolute atomic E-state index is 7.04. The fourth-order valence-electron chi connectivity index (χ4n) is 9.42. The summed E-state index contributed by atoms with van der Waals surface area (Å²) in [6, 6.07) is 58.0. The lowest BCUT2D eigenvalue weighted by atomic mass is 9.66. The van der Waals surface area contributed by atoms with Crippen molar-refractivity contribution in [2.75, 3.05) is 0 Å². The molecule has 0 saturated carbocycles. The Balaban J connectivity index is 1.28. The minimum atomic E-state index is -0.541. The van der Waals surface area contributed by atoms with E-state index in [4.69, 9.17) is 13.7 Å². The molecule has 0 spiro atoms. The van der Waals surface area contributed by atoms with E-state index in [1.807, 2.05) is 24.3 Å². The zero-order valence-corrected chi connectivity index (χ0v) is 28.8. The van der Waals surface area contributed by atoms with Crippen molar-refractivity contribution in [3.8, 4) is 45.1 Å². The fraction of sp³-hybridized carbons (Fsp3) is 0. The molecule has 13 rings (SSSR count). The average molecular weight is 691 g/mol. The lowest BCUT2D eigenvalue weighted by Gasteiger charge is -2.32. The first-order valence-corrected chi connectivity index (χ1v) is 18.4. The molecular weight excluding hydrogens is 663 g/mol. The van der Waals surface area contributed by atoms with E-state index in [2.05, 4.69) is 149 Å². The summed E-state index contributed by atoms with van der Waals surface area (Å²) in [7, 11) is -0.541. The smallest absolute Gasteiger partial charge is 0.521 e. The summed E-state index contributed by atoms with van der Waals surface area (Å²) in [4.78, 5) is 0. The second-order valence-electron chi connectivity index (χ2n) is 14.3. The van der Waals surface area contributed by atoms with Gasteiger partial charge in [-0.2, -0.15) is 0 Å². The Morgan fingerprint density at radius 2 is 0.926 bits per heavy atom. The van der Waals surface area contributed by atoms with Crippen molar-refractivity contribution in [1.82, 2.24) is 9.13 Å². The van der Waals surface area contributed by atoms with Gasteiger partial charge in [0.2, 0.25) is 0 Å². The zero-order valence-electron chi connectivity index (χ0n) is 28.8. The average Bonchev–Trinajstić information content (AvgIpc) is 3.89. The van der Waals surface area contributed by atoms with Crippen molar-refractivity contribution in [3.63, 3.8) is 0 Å². The number of para-hydroxylation sites is 6. The van der Waals surface area contributed by atoms with E-state index in [0.29, 0.717) is 0 Å². The molecule has 3 aromatic heterocycles. The van der Waals surface area contributed by atoms with Crippen LogP contribution in [-0.4, -0.2) is 16.3 Å². The molecule has 0 saturated heterocycles. The van der Waals surface area contributed by atoms with E-state index in [-0.39, 0.29) is 0 Å². The first-order chi connectivity index (χ1) is 26.8. The first kappa shape index (κ1) is 28.4. The monoisotopic (exact) mass is 690 g/mol. The number of rotatable bonds is 2. The molecule has 54 heavy (non-hydrogen) atoms. The van der Waals surface area contributed by atoms with E-state index in [1.165, 1.54) is 21.5 Å². The van der Waals surface area contributed by atoms with Crippen LogP contribution in [0, 0.1) is 0 Å². The van der Waals surface area contributed by atoms with E-state index in [1.54, 1.807) is 0 Å². The maximum Gasteiger partial charge on any atom is 0.633 e. The van der Waals surface area contributed by atoms with Crippen molar-refractivity contribution in [2.45, 2.75) is 0 Å². The molecule has 5 nitrogen and oxygen atoms in total. The Morgan fingerprint density at radius 1 is 0.407 bits per heavy atom. The minimum absolute atomic E-state index is 0.541. The van der Waals surface area contributed by atoms with Crippen LogP contribution in [0.25, 0.3) is 99.2 Å². The molecule has 250 valence electrons. The molecule has 2 aliphatic heterocycles. The van der Waals surface area contributed by atoms with Gasteiger partial charge in [0.1, 0.15) is 17.1 Å². The standard InChI is InChI=1S/C48H27BN2O3/c1-2-14-28(15-3-1)50-37-21-9-5-19-33(37)43-42-32-18-4-10-22-38(32)51(46(42)44-34-20-8-11-23-39(34)52-48(44)47(43)50)29-26-35-30-16-6-12-24-40(30)53-49-45(35)36(27-29)31-17-7-13-25-41(31)54-49/h1-27H. The van der Waals surface area contributed by atoms with Gasteiger partial charge >= 0.3 is 7.12 Å². The van der Waals surface area contributed by atoms with Crippen LogP contribution in [0.2, 0.25) is 0 Å². The van der Waals surface area contributed by atoms with Gasteiger partial charge in [0.05, 0.1) is 27.5 Å². The van der Waals surface area contributed by atoms with Crippen LogP contribution >= 0.6 is 0 Å². The van der Waals surface area contributed by atoms with Crippen LogP contribution < -0.4 is 14.8 Å². The largest absolute Gasteiger partial charge is 0.633 e. The van der Waals surface area contributed by atoms with Crippen LogP contribution in [0.4, 0.5) is 0 Å². The normalized spacial score (nSPS) is 13.1. The first-order valence-electron chi connectivity index (χ1n) is 18.4. The van der Waals surface area contributed by atoms with Crippen LogP contribution in [0.15, 0.2) is 168 Å². The van der Waals surface area contributed by atoms with Crippen molar-refractivity contribution in [1.29, 1.82) is 0 Å². The van der Waals surface area contributed by atoms with Crippen molar-refractivity contribution in [2.24, 2.45) is 0 Å². The van der Waals surface area contributed by atoms with Gasteiger partial charge in [-0.3, -0.25) is 0 Å². The van der Waals surface area contributed by atoms with Gasteiger partial charge in [-0.1, -0.05) is 109 Å². The number of furan rings is 1. The third kappa shape index (κ3) is 3.55. The van der Waals surface area contributed by atoms with Crippen LogP contribution in [-0.2, 0) is 0 Å². The van der Waals surface area contributed by atoms with Crippen LogP contribution in [0.3, 0.4) is 0 Å². The predicted octanol–water partition coefficient (Wildman–Crippen LogP) is 11.6. The van der Waals surface area contributed by atoms with Crippen molar-refractivity contribution in [3.05, 3.63) is 164 Å². The molecule has 0 unspecified atom stereocenters. The Morgan fingerprint density at radius 3 is 1.59 bits per heavy atom. The number of nitrogens with zero attached hydrogens (tertiary/aromatic N) is 2. The number of hydrogen-bond acceptors (Lipinski definition) is 3. The molecule has 8 aromatic carbocycles. The Hall–Kier alpha value is -7.18. The Kier molecular flexibility index (Phi) is 5.39. The predicted molar refractivity (Wildman–Crippen MR) is 220 cm³/mol. The second-order valence-corrected chi connectivity index (χ2v) is 14.3. The summed E-state index contributed by atoms with van der Waals surface area (Å²) in [6.07, 6.45) is 0. The van der Waals surface area contributed by atoms with Gasteiger partial charge in [0, 0.05) is 54.9 Å². The maximum atomic E-state index is 7.04. The van der Waals surface area contributed by atoms with E-state index >= 15 is 0 Å².